The molecular weight excluding hydrogens is 568 g/mol. The summed E-state index contributed by atoms with van der Waals surface area (Å²) in [6, 6.07) is 19.2. The van der Waals surface area contributed by atoms with Crippen molar-refractivity contribution >= 4 is 23.4 Å². The van der Waals surface area contributed by atoms with Gasteiger partial charge in [0.05, 0.1) is 42.2 Å². The lowest BCUT2D eigenvalue weighted by Gasteiger charge is -2.25. The second-order valence-corrected chi connectivity index (χ2v) is 10.7. The number of nitrogens with zero attached hydrogens (tertiary/aromatic N) is 2. The third-order valence-corrected chi connectivity index (χ3v) is 7.82. The Morgan fingerprint density at radius 3 is 2.51 bits per heavy atom. The predicted molar refractivity (Wildman–Crippen MR) is 163 cm³/mol. The number of carbonyl (C=O) groups is 1. The van der Waals surface area contributed by atoms with Gasteiger partial charge in [-0.05, 0) is 67.8 Å². The molecule has 1 aromatic heterocycles. The number of methoxy groups -OCH3 is 1. The van der Waals surface area contributed by atoms with E-state index in [0.717, 1.165) is 5.56 Å². The Labute approximate surface area is 252 Å². The summed E-state index contributed by atoms with van der Waals surface area (Å²) in [6.07, 6.45) is 1.72. The summed E-state index contributed by atoms with van der Waals surface area (Å²) in [5.74, 6) is 0.773. The average molecular weight is 601 g/mol. The van der Waals surface area contributed by atoms with Crippen molar-refractivity contribution in [3.8, 4) is 23.0 Å². The van der Waals surface area contributed by atoms with Crippen LogP contribution in [-0.2, 0) is 16.1 Å². The molecule has 0 radical (unpaired) electrons. The fourth-order valence-electron chi connectivity index (χ4n) is 4.86. The molecule has 9 nitrogen and oxygen atoms in total. The van der Waals surface area contributed by atoms with Gasteiger partial charge in [-0.3, -0.25) is 9.36 Å². The molecule has 1 aliphatic heterocycles. The SMILES string of the molecule is CCOC(=O)C1=C(C)N=c2sc(=Cc3ccc(O)c(OCC)c3)c(=O)n2C1c1ccc(OCc2ccccc2)c(OC)c1. The second kappa shape index (κ2) is 13.0. The fraction of sp³-hybridized carbons (Fsp3) is 0.242. The molecular formula is C33H32N2O7S. The first-order valence-electron chi connectivity index (χ1n) is 13.8. The van der Waals surface area contributed by atoms with Gasteiger partial charge in [-0.15, -0.1) is 0 Å². The zero-order chi connectivity index (χ0) is 30.5. The van der Waals surface area contributed by atoms with Crippen molar-refractivity contribution in [3.05, 3.63) is 114 Å². The number of ether oxygens (including phenoxy) is 4. The summed E-state index contributed by atoms with van der Waals surface area (Å²) in [5, 5.41) is 10.1. The molecule has 5 rings (SSSR count). The fourth-order valence-corrected chi connectivity index (χ4v) is 5.91. The molecule has 0 saturated carbocycles. The summed E-state index contributed by atoms with van der Waals surface area (Å²) in [5.41, 5.74) is 2.72. The lowest BCUT2D eigenvalue weighted by molar-refractivity contribution is -0.139. The number of phenolic OH excluding ortho intramolecular Hbond substituents is 1. The quantitative estimate of drug-likeness (QED) is 0.267. The lowest BCUT2D eigenvalue weighted by Crippen LogP contribution is -2.40. The molecule has 0 fully saturated rings. The van der Waals surface area contributed by atoms with Gasteiger partial charge in [0, 0.05) is 0 Å². The molecule has 222 valence electrons. The highest BCUT2D eigenvalue weighted by molar-refractivity contribution is 7.07. The third-order valence-electron chi connectivity index (χ3n) is 6.84. The van der Waals surface area contributed by atoms with Crippen LogP contribution in [0.15, 0.2) is 87.8 Å². The number of carbonyl (C=O) groups excluding carboxylic acids is 1. The van der Waals surface area contributed by atoms with Gasteiger partial charge in [0.15, 0.2) is 27.8 Å². The van der Waals surface area contributed by atoms with Gasteiger partial charge in [0.2, 0.25) is 0 Å². The maximum absolute atomic E-state index is 14.0. The highest BCUT2D eigenvalue weighted by Gasteiger charge is 2.34. The summed E-state index contributed by atoms with van der Waals surface area (Å²) < 4.78 is 24.5. The molecule has 43 heavy (non-hydrogen) atoms. The molecule has 0 spiro atoms. The Bertz CT molecular complexity index is 1860. The monoisotopic (exact) mass is 600 g/mol. The number of phenols is 1. The number of rotatable bonds is 10. The number of thiazole rings is 1. The third kappa shape index (κ3) is 6.19. The minimum atomic E-state index is -0.812. The largest absolute Gasteiger partial charge is 0.504 e. The molecule has 10 heteroatoms. The smallest absolute Gasteiger partial charge is 0.338 e. The number of fused-ring (bicyclic) bond motifs is 1. The van der Waals surface area contributed by atoms with Crippen LogP contribution in [0.2, 0.25) is 0 Å². The van der Waals surface area contributed by atoms with Gasteiger partial charge < -0.3 is 24.1 Å². The Kier molecular flexibility index (Phi) is 8.96. The van der Waals surface area contributed by atoms with E-state index in [4.69, 9.17) is 18.9 Å². The van der Waals surface area contributed by atoms with Crippen molar-refractivity contribution in [3.63, 3.8) is 0 Å². The van der Waals surface area contributed by atoms with Crippen molar-refractivity contribution in [2.45, 2.75) is 33.4 Å². The molecule has 0 aliphatic carbocycles. The van der Waals surface area contributed by atoms with Crippen molar-refractivity contribution in [2.75, 3.05) is 20.3 Å². The van der Waals surface area contributed by atoms with Gasteiger partial charge in [0.25, 0.3) is 5.56 Å². The Morgan fingerprint density at radius 2 is 1.79 bits per heavy atom. The maximum atomic E-state index is 14.0. The highest BCUT2D eigenvalue weighted by atomic mass is 32.1. The summed E-state index contributed by atoms with van der Waals surface area (Å²) in [7, 11) is 1.54. The number of benzene rings is 3. The molecule has 0 amide bonds. The van der Waals surface area contributed by atoms with Crippen molar-refractivity contribution in [1.29, 1.82) is 0 Å². The average Bonchev–Trinajstić information content (AvgIpc) is 3.31. The van der Waals surface area contributed by atoms with Crippen LogP contribution in [0.1, 0.15) is 43.5 Å². The normalized spacial score (nSPS) is 14.6. The molecule has 0 bridgehead atoms. The predicted octanol–water partition coefficient (Wildman–Crippen LogP) is 4.49. The number of hydrogen-bond donors (Lipinski definition) is 1. The number of esters is 1. The van der Waals surface area contributed by atoms with Crippen LogP contribution >= 0.6 is 11.3 Å². The molecule has 1 unspecified atom stereocenters. The van der Waals surface area contributed by atoms with Gasteiger partial charge in [-0.2, -0.15) is 0 Å². The van der Waals surface area contributed by atoms with Gasteiger partial charge in [0.1, 0.15) is 6.61 Å². The number of aromatic nitrogens is 1. The van der Waals surface area contributed by atoms with E-state index < -0.39 is 12.0 Å². The molecule has 4 aromatic rings. The molecule has 1 N–H and O–H groups in total. The van der Waals surface area contributed by atoms with E-state index >= 15 is 0 Å². The van der Waals surface area contributed by atoms with Crippen LogP contribution < -0.4 is 29.1 Å². The molecule has 3 aromatic carbocycles. The van der Waals surface area contributed by atoms with Crippen LogP contribution in [0.4, 0.5) is 0 Å². The maximum Gasteiger partial charge on any atom is 0.338 e. The first-order chi connectivity index (χ1) is 20.8. The van der Waals surface area contributed by atoms with E-state index in [1.54, 1.807) is 51.3 Å². The van der Waals surface area contributed by atoms with E-state index in [0.29, 0.717) is 56.6 Å². The summed E-state index contributed by atoms with van der Waals surface area (Å²) in [6.45, 7) is 6.19. The van der Waals surface area contributed by atoms with Crippen molar-refractivity contribution in [2.24, 2.45) is 4.99 Å². The van der Waals surface area contributed by atoms with E-state index in [9.17, 15) is 14.7 Å². The number of allylic oxidation sites excluding steroid dienone is 1. The van der Waals surface area contributed by atoms with Crippen LogP contribution in [0, 0.1) is 0 Å². The van der Waals surface area contributed by atoms with Crippen LogP contribution in [-0.4, -0.2) is 36.0 Å². The second-order valence-electron chi connectivity index (χ2n) is 9.65. The summed E-state index contributed by atoms with van der Waals surface area (Å²) >= 11 is 1.21. The minimum absolute atomic E-state index is 0.0142. The molecule has 0 saturated heterocycles. The minimum Gasteiger partial charge on any atom is -0.504 e. The summed E-state index contributed by atoms with van der Waals surface area (Å²) in [4.78, 5) is 32.3. The van der Waals surface area contributed by atoms with Crippen LogP contribution in [0.5, 0.6) is 23.0 Å². The Morgan fingerprint density at radius 1 is 1.00 bits per heavy atom. The zero-order valence-electron chi connectivity index (χ0n) is 24.3. The Hall–Kier alpha value is -4.83. The topological polar surface area (TPSA) is 109 Å². The van der Waals surface area contributed by atoms with Crippen LogP contribution in [0.25, 0.3) is 6.08 Å². The molecule has 1 atom stereocenters. The van der Waals surface area contributed by atoms with Crippen LogP contribution in [0.3, 0.4) is 0 Å². The standard InChI is InChI=1S/C33H32N2O7S/c1-5-40-26-16-22(12-14-24(26)36)17-28-31(37)35-30(29(32(38)41-6-2)20(3)34-33(35)43-28)23-13-15-25(27(18-23)39-4)42-19-21-10-8-7-9-11-21/h7-18,30,36H,5-6,19H2,1-4H3. The van der Waals surface area contributed by atoms with Gasteiger partial charge >= 0.3 is 5.97 Å². The number of aromatic hydroxyl groups is 1. The highest BCUT2D eigenvalue weighted by Crippen LogP contribution is 2.36. The van der Waals surface area contributed by atoms with E-state index in [1.807, 2.05) is 43.3 Å². The lowest BCUT2D eigenvalue weighted by atomic mass is 9.95. The van der Waals surface area contributed by atoms with E-state index in [1.165, 1.54) is 22.0 Å². The first kappa shape index (κ1) is 29.7. The number of hydrogen-bond acceptors (Lipinski definition) is 9. The zero-order valence-corrected chi connectivity index (χ0v) is 25.1. The Balaban J connectivity index is 1.61. The van der Waals surface area contributed by atoms with E-state index in [2.05, 4.69) is 4.99 Å². The van der Waals surface area contributed by atoms with Gasteiger partial charge in [-0.1, -0.05) is 53.8 Å². The van der Waals surface area contributed by atoms with Crippen molar-refractivity contribution < 1.29 is 28.8 Å². The van der Waals surface area contributed by atoms with Crippen molar-refractivity contribution in [1.82, 2.24) is 4.57 Å². The van der Waals surface area contributed by atoms with E-state index in [-0.39, 0.29) is 23.5 Å². The molecule has 1 aliphatic rings. The molecule has 2 heterocycles. The van der Waals surface area contributed by atoms with Gasteiger partial charge in [-0.25, -0.2) is 9.79 Å². The first-order valence-corrected chi connectivity index (χ1v) is 14.7.